The number of nitrogens with zero attached hydrogens (tertiary/aromatic N) is 2. The number of anilines is 1. The van der Waals surface area contributed by atoms with Gasteiger partial charge in [-0.2, -0.15) is 0 Å². The van der Waals surface area contributed by atoms with Crippen molar-refractivity contribution in [1.82, 2.24) is 9.97 Å². The van der Waals surface area contributed by atoms with E-state index >= 15 is 0 Å². The highest BCUT2D eigenvalue weighted by Gasteiger charge is 2.12. The molecule has 2 aromatic heterocycles. The Hall–Kier alpha value is -0.940. The van der Waals surface area contributed by atoms with E-state index in [0.29, 0.717) is 0 Å². The summed E-state index contributed by atoms with van der Waals surface area (Å²) in [5, 5.41) is 7.32. The maximum absolute atomic E-state index is 4.57. The van der Waals surface area contributed by atoms with E-state index in [1.807, 2.05) is 7.05 Å². The lowest BCUT2D eigenvalue weighted by Crippen LogP contribution is -1.85. The molecule has 16 heavy (non-hydrogen) atoms. The van der Waals surface area contributed by atoms with Crippen LogP contribution in [0.25, 0.3) is 10.6 Å². The number of aromatic nitrogens is 2. The van der Waals surface area contributed by atoms with E-state index in [4.69, 9.17) is 0 Å². The Bertz CT molecular complexity index is 473. The summed E-state index contributed by atoms with van der Waals surface area (Å²) in [6.07, 6.45) is 2.21. The molecule has 0 aliphatic heterocycles. The van der Waals surface area contributed by atoms with Gasteiger partial charge in [-0.1, -0.05) is 6.92 Å². The van der Waals surface area contributed by atoms with Crippen LogP contribution in [0.1, 0.15) is 24.0 Å². The lowest BCUT2D eigenvalue weighted by Gasteiger charge is -1.91. The van der Waals surface area contributed by atoms with Crippen LogP contribution in [-0.2, 0) is 6.42 Å². The monoisotopic (exact) mass is 253 g/mol. The topological polar surface area (TPSA) is 37.8 Å². The third kappa shape index (κ3) is 2.25. The molecule has 0 saturated heterocycles. The van der Waals surface area contributed by atoms with E-state index in [-0.39, 0.29) is 0 Å². The first-order valence-electron chi connectivity index (χ1n) is 5.34. The highest BCUT2D eigenvalue weighted by molar-refractivity contribution is 7.16. The SMILES string of the molecule is CCCc1nc(C)c(-c2csc(NC)n2)s1. The Morgan fingerprint density at radius 1 is 1.38 bits per heavy atom. The third-order valence-electron chi connectivity index (χ3n) is 2.26. The molecule has 0 aromatic carbocycles. The van der Waals surface area contributed by atoms with Crippen LogP contribution >= 0.6 is 22.7 Å². The number of hydrogen-bond donors (Lipinski definition) is 1. The lowest BCUT2D eigenvalue weighted by atomic mass is 10.3. The van der Waals surface area contributed by atoms with Crippen LogP contribution in [0.4, 0.5) is 5.13 Å². The highest BCUT2D eigenvalue weighted by atomic mass is 32.1. The molecular formula is C11H15N3S2. The summed E-state index contributed by atoms with van der Waals surface area (Å²) in [5.41, 5.74) is 2.15. The minimum Gasteiger partial charge on any atom is -0.365 e. The first kappa shape index (κ1) is 11.5. The molecule has 0 unspecified atom stereocenters. The van der Waals surface area contributed by atoms with E-state index in [1.165, 1.54) is 9.88 Å². The van der Waals surface area contributed by atoms with Gasteiger partial charge >= 0.3 is 0 Å². The zero-order chi connectivity index (χ0) is 11.5. The first-order valence-corrected chi connectivity index (χ1v) is 7.04. The van der Waals surface area contributed by atoms with E-state index in [9.17, 15) is 0 Å². The fraction of sp³-hybridized carbons (Fsp3) is 0.455. The molecule has 5 heteroatoms. The highest BCUT2D eigenvalue weighted by Crippen LogP contribution is 2.32. The van der Waals surface area contributed by atoms with Crippen molar-refractivity contribution in [2.75, 3.05) is 12.4 Å². The third-order valence-corrected chi connectivity index (χ3v) is 4.35. The summed E-state index contributed by atoms with van der Waals surface area (Å²) in [6.45, 7) is 4.24. The normalized spacial score (nSPS) is 10.7. The van der Waals surface area contributed by atoms with Crippen LogP contribution in [0.3, 0.4) is 0 Å². The lowest BCUT2D eigenvalue weighted by molar-refractivity contribution is 0.903. The second-order valence-electron chi connectivity index (χ2n) is 3.56. The molecule has 0 atom stereocenters. The van der Waals surface area contributed by atoms with Crippen LogP contribution in [-0.4, -0.2) is 17.0 Å². The van der Waals surface area contributed by atoms with Gasteiger partial charge in [0.2, 0.25) is 0 Å². The summed E-state index contributed by atoms with van der Waals surface area (Å²) in [7, 11) is 1.89. The quantitative estimate of drug-likeness (QED) is 0.905. The first-order chi connectivity index (χ1) is 7.74. The number of hydrogen-bond acceptors (Lipinski definition) is 5. The van der Waals surface area contributed by atoms with Gasteiger partial charge in [0.1, 0.15) is 0 Å². The number of thiazole rings is 2. The predicted molar refractivity (Wildman–Crippen MR) is 71.5 cm³/mol. The molecule has 0 saturated carbocycles. The van der Waals surface area contributed by atoms with Crippen molar-refractivity contribution in [2.24, 2.45) is 0 Å². The molecule has 2 aromatic rings. The van der Waals surface area contributed by atoms with E-state index in [2.05, 4.69) is 34.5 Å². The van der Waals surface area contributed by atoms with Gasteiger partial charge in [-0.05, 0) is 19.8 Å². The number of aryl methyl sites for hydroxylation is 2. The van der Waals surface area contributed by atoms with Gasteiger partial charge < -0.3 is 5.32 Å². The maximum atomic E-state index is 4.57. The second kappa shape index (κ2) is 4.93. The minimum atomic E-state index is 0.958. The Kier molecular flexibility index (Phi) is 3.56. The molecule has 0 spiro atoms. The van der Waals surface area contributed by atoms with Crippen molar-refractivity contribution in [3.8, 4) is 10.6 Å². The summed E-state index contributed by atoms with van der Waals surface area (Å²) in [6, 6.07) is 0. The van der Waals surface area contributed by atoms with E-state index in [0.717, 1.165) is 29.4 Å². The van der Waals surface area contributed by atoms with Gasteiger partial charge in [0.25, 0.3) is 0 Å². The molecule has 0 radical (unpaired) electrons. The van der Waals surface area contributed by atoms with Crippen LogP contribution in [0, 0.1) is 6.92 Å². The fourth-order valence-electron chi connectivity index (χ4n) is 1.50. The van der Waals surface area contributed by atoms with Crippen molar-refractivity contribution in [1.29, 1.82) is 0 Å². The Morgan fingerprint density at radius 3 is 2.81 bits per heavy atom. The number of rotatable bonds is 4. The van der Waals surface area contributed by atoms with Crippen molar-refractivity contribution in [3.05, 3.63) is 16.1 Å². The molecule has 0 fully saturated rings. The average Bonchev–Trinajstić information content (AvgIpc) is 2.85. The van der Waals surface area contributed by atoms with Crippen LogP contribution in [0.5, 0.6) is 0 Å². The Balaban J connectivity index is 2.32. The van der Waals surface area contributed by atoms with Crippen LogP contribution in [0.15, 0.2) is 5.38 Å². The Labute approximate surface area is 104 Å². The van der Waals surface area contributed by atoms with Crippen molar-refractivity contribution in [2.45, 2.75) is 26.7 Å². The zero-order valence-corrected chi connectivity index (χ0v) is 11.3. The van der Waals surface area contributed by atoms with E-state index in [1.54, 1.807) is 22.7 Å². The Morgan fingerprint density at radius 2 is 2.19 bits per heavy atom. The van der Waals surface area contributed by atoms with Crippen LogP contribution < -0.4 is 5.32 Å². The molecule has 2 heterocycles. The average molecular weight is 253 g/mol. The predicted octanol–water partition coefficient (Wildman–Crippen LogP) is 3.57. The van der Waals surface area contributed by atoms with Gasteiger partial charge in [0.15, 0.2) is 5.13 Å². The van der Waals surface area contributed by atoms with Gasteiger partial charge in [-0.15, -0.1) is 22.7 Å². The van der Waals surface area contributed by atoms with E-state index < -0.39 is 0 Å². The smallest absolute Gasteiger partial charge is 0.182 e. The van der Waals surface area contributed by atoms with Gasteiger partial charge in [-0.3, -0.25) is 0 Å². The summed E-state index contributed by atoms with van der Waals surface area (Å²) >= 11 is 3.40. The maximum Gasteiger partial charge on any atom is 0.182 e. The molecule has 2 rings (SSSR count). The van der Waals surface area contributed by atoms with Crippen LogP contribution in [0.2, 0.25) is 0 Å². The molecule has 0 aliphatic rings. The van der Waals surface area contributed by atoms with Gasteiger partial charge in [-0.25, -0.2) is 9.97 Å². The largest absolute Gasteiger partial charge is 0.365 e. The molecule has 3 nitrogen and oxygen atoms in total. The molecule has 0 amide bonds. The second-order valence-corrected chi connectivity index (χ2v) is 5.50. The standard InChI is InChI=1S/C11H15N3S2/c1-4-5-9-13-7(2)10(16-9)8-6-15-11(12-3)14-8/h6H,4-5H2,1-3H3,(H,12,14). The molecule has 0 bridgehead atoms. The minimum absolute atomic E-state index is 0.958. The van der Waals surface area contributed by atoms with Crippen molar-refractivity contribution >= 4 is 27.8 Å². The van der Waals surface area contributed by atoms with Crippen molar-refractivity contribution < 1.29 is 0 Å². The molecule has 1 N–H and O–H groups in total. The van der Waals surface area contributed by atoms with Gasteiger partial charge in [0.05, 0.1) is 21.3 Å². The summed E-state index contributed by atoms with van der Waals surface area (Å²) in [4.78, 5) is 10.3. The van der Waals surface area contributed by atoms with Gasteiger partial charge in [0, 0.05) is 12.4 Å². The zero-order valence-electron chi connectivity index (χ0n) is 9.70. The summed E-state index contributed by atoms with van der Waals surface area (Å²) in [5.74, 6) is 0. The number of nitrogens with one attached hydrogen (secondary N) is 1. The fourth-order valence-corrected chi connectivity index (χ4v) is 3.37. The molecule has 0 aliphatic carbocycles. The summed E-state index contributed by atoms with van der Waals surface area (Å²) < 4.78 is 0. The molecule has 86 valence electrons. The van der Waals surface area contributed by atoms with Crippen molar-refractivity contribution in [3.63, 3.8) is 0 Å². The molecular weight excluding hydrogens is 238 g/mol.